The number of benzene rings is 2. The van der Waals surface area contributed by atoms with Crippen LogP contribution in [0.3, 0.4) is 0 Å². The number of aromatic hydroxyl groups is 1. The summed E-state index contributed by atoms with van der Waals surface area (Å²) in [6, 6.07) is 12.4. The molecular weight excluding hydrogens is 414 g/mol. The van der Waals surface area contributed by atoms with E-state index in [1.165, 1.54) is 36.0 Å². The molecule has 0 saturated carbocycles. The molecule has 0 aliphatic carbocycles. The molecule has 4 N–H and O–H groups in total. The number of aromatic nitrogens is 3. The van der Waals surface area contributed by atoms with Crippen LogP contribution in [0, 0.1) is 0 Å². The Morgan fingerprint density at radius 1 is 1.17 bits per heavy atom. The first-order valence-corrected chi connectivity index (χ1v) is 11.1. The molecule has 0 atom stereocenters. The Bertz CT molecular complexity index is 1130. The van der Waals surface area contributed by atoms with Gasteiger partial charge >= 0.3 is 0 Å². The Balaban J connectivity index is 1.67. The van der Waals surface area contributed by atoms with Gasteiger partial charge in [0.05, 0.1) is 16.2 Å². The highest BCUT2D eigenvalue weighted by Crippen LogP contribution is 2.30. The Morgan fingerprint density at radius 2 is 1.86 bits per heavy atom. The lowest BCUT2D eigenvalue weighted by Gasteiger charge is -2.09. The van der Waals surface area contributed by atoms with Gasteiger partial charge in [0, 0.05) is 12.2 Å². The van der Waals surface area contributed by atoms with E-state index in [9.17, 15) is 18.3 Å². The number of nitrogens with zero attached hydrogens (tertiary/aromatic N) is 3. The first-order chi connectivity index (χ1) is 13.8. The number of amides is 1. The van der Waals surface area contributed by atoms with Gasteiger partial charge in [0.2, 0.25) is 15.9 Å². The minimum Gasteiger partial charge on any atom is -0.507 e. The fraction of sp³-hybridized carbons (Fsp3) is 0.167. The molecule has 1 heterocycles. The van der Waals surface area contributed by atoms with Crippen molar-refractivity contribution >= 4 is 33.4 Å². The van der Waals surface area contributed by atoms with E-state index in [0.29, 0.717) is 28.8 Å². The SMILES string of the molecule is CCn1c(SCC(=O)Nc2ccc(S(N)(=O)=O)cc2)nnc1-c1ccccc1O. The van der Waals surface area contributed by atoms with Crippen molar-refractivity contribution < 1.29 is 18.3 Å². The number of para-hydroxylation sites is 1. The molecule has 0 spiro atoms. The summed E-state index contributed by atoms with van der Waals surface area (Å²) in [5.74, 6) is 0.419. The molecule has 0 fully saturated rings. The molecule has 0 saturated heterocycles. The highest BCUT2D eigenvalue weighted by atomic mass is 32.2. The maximum atomic E-state index is 12.2. The molecule has 3 rings (SSSR count). The number of rotatable bonds is 7. The maximum absolute atomic E-state index is 12.2. The van der Waals surface area contributed by atoms with Crippen LogP contribution in [0.2, 0.25) is 0 Å². The van der Waals surface area contributed by atoms with Crippen molar-refractivity contribution in [3.63, 3.8) is 0 Å². The zero-order valence-corrected chi connectivity index (χ0v) is 17.1. The van der Waals surface area contributed by atoms with E-state index in [-0.39, 0.29) is 22.3 Å². The normalized spacial score (nSPS) is 11.4. The minimum absolute atomic E-state index is 0.0300. The summed E-state index contributed by atoms with van der Waals surface area (Å²) < 4.78 is 24.3. The topological polar surface area (TPSA) is 140 Å². The Morgan fingerprint density at radius 3 is 2.48 bits per heavy atom. The number of phenolic OH excluding ortho intramolecular Hbond substituents is 1. The van der Waals surface area contributed by atoms with Gasteiger partial charge in [-0.25, -0.2) is 13.6 Å². The van der Waals surface area contributed by atoms with Crippen LogP contribution in [0.25, 0.3) is 11.4 Å². The lowest BCUT2D eigenvalue weighted by atomic mass is 10.2. The van der Waals surface area contributed by atoms with Gasteiger partial charge in [-0.2, -0.15) is 0 Å². The van der Waals surface area contributed by atoms with Crippen molar-refractivity contribution in [2.24, 2.45) is 5.14 Å². The van der Waals surface area contributed by atoms with Crippen molar-refractivity contribution in [2.45, 2.75) is 23.5 Å². The van der Waals surface area contributed by atoms with Gasteiger partial charge in [-0.3, -0.25) is 4.79 Å². The lowest BCUT2D eigenvalue weighted by molar-refractivity contribution is -0.113. The van der Waals surface area contributed by atoms with E-state index in [1.54, 1.807) is 24.3 Å². The number of carbonyl (C=O) groups excluding carboxylic acids is 1. The Hall–Kier alpha value is -2.89. The smallest absolute Gasteiger partial charge is 0.238 e. The van der Waals surface area contributed by atoms with Crippen molar-refractivity contribution in [1.82, 2.24) is 14.8 Å². The number of nitrogens with two attached hydrogens (primary N) is 1. The number of carbonyl (C=O) groups is 1. The minimum atomic E-state index is -3.78. The molecule has 29 heavy (non-hydrogen) atoms. The molecule has 0 radical (unpaired) electrons. The van der Waals surface area contributed by atoms with Crippen LogP contribution in [0.5, 0.6) is 5.75 Å². The molecular formula is C18H19N5O4S2. The third-order valence-electron chi connectivity index (χ3n) is 3.98. The molecule has 2 aromatic carbocycles. The van der Waals surface area contributed by atoms with Crippen molar-refractivity contribution in [2.75, 3.05) is 11.1 Å². The molecule has 0 aliphatic rings. The predicted octanol–water partition coefficient (Wildman–Crippen LogP) is 2.05. The van der Waals surface area contributed by atoms with Gasteiger partial charge in [-0.15, -0.1) is 10.2 Å². The van der Waals surface area contributed by atoms with Gasteiger partial charge in [0.25, 0.3) is 0 Å². The second-order valence-electron chi connectivity index (χ2n) is 5.97. The van der Waals surface area contributed by atoms with Crippen LogP contribution in [0.1, 0.15) is 6.92 Å². The van der Waals surface area contributed by atoms with Crippen LogP contribution in [-0.2, 0) is 21.4 Å². The molecule has 0 bridgehead atoms. The summed E-state index contributed by atoms with van der Waals surface area (Å²) in [5, 5.41) is 26.6. The fourth-order valence-electron chi connectivity index (χ4n) is 2.60. The third-order valence-corrected chi connectivity index (χ3v) is 5.87. The van der Waals surface area contributed by atoms with E-state index in [1.807, 2.05) is 11.5 Å². The van der Waals surface area contributed by atoms with Gasteiger partial charge in [-0.1, -0.05) is 23.9 Å². The van der Waals surface area contributed by atoms with Crippen LogP contribution < -0.4 is 10.5 Å². The Kier molecular flexibility index (Phi) is 6.20. The Labute approximate surface area is 172 Å². The number of thioether (sulfide) groups is 1. The van der Waals surface area contributed by atoms with Gasteiger partial charge < -0.3 is 15.0 Å². The standard InChI is InChI=1S/C18H19N5O4S2/c1-2-23-17(14-5-3-4-6-15(14)24)21-22-18(23)28-11-16(25)20-12-7-9-13(10-8-12)29(19,26)27/h3-10,24H,2,11H2,1H3,(H,20,25)(H2,19,26,27). The molecule has 3 aromatic rings. The quantitative estimate of drug-likeness (QED) is 0.484. The summed E-state index contributed by atoms with van der Waals surface area (Å²) in [6.45, 7) is 2.49. The van der Waals surface area contributed by atoms with E-state index >= 15 is 0 Å². The zero-order chi connectivity index (χ0) is 21.0. The second kappa shape index (κ2) is 8.64. The van der Waals surface area contributed by atoms with Gasteiger partial charge in [0.1, 0.15) is 5.75 Å². The molecule has 9 nitrogen and oxygen atoms in total. The number of nitrogens with one attached hydrogen (secondary N) is 1. The van der Waals surface area contributed by atoms with E-state index in [4.69, 9.17) is 5.14 Å². The molecule has 152 valence electrons. The molecule has 1 amide bonds. The summed E-state index contributed by atoms with van der Waals surface area (Å²) >= 11 is 1.21. The average Bonchev–Trinajstić information content (AvgIpc) is 3.09. The summed E-state index contributed by atoms with van der Waals surface area (Å²) in [4.78, 5) is 12.2. The largest absolute Gasteiger partial charge is 0.507 e. The summed E-state index contributed by atoms with van der Waals surface area (Å²) in [7, 11) is -3.78. The number of hydrogen-bond acceptors (Lipinski definition) is 7. The van der Waals surface area contributed by atoms with Crippen molar-refractivity contribution in [1.29, 1.82) is 0 Å². The third kappa shape index (κ3) is 4.94. The van der Waals surface area contributed by atoms with E-state index in [2.05, 4.69) is 15.5 Å². The fourth-order valence-corrected chi connectivity index (χ4v) is 3.92. The number of phenols is 1. The number of anilines is 1. The summed E-state index contributed by atoms with van der Waals surface area (Å²) in [6.07, 6.45) is 0. The molecule has 0 aliphatic heterocycles. The average molecular weight is 434 g/mol. The van der Waals surface area contributed by atoms with Crippen LogP contribution in [-0.4, -0.2) is 39.9 Å². The van der Waals surface area contributed by atoms with Crippen molar-refractivity contribution in [3.05, 3.63) is 48.5 Å². The number of sulfonamides is 1. The predicted molar refractivity (Wildman–Crippen MR) is 110 cm³/mol. The first kappa shape index (κ1) is 20.8. The van der Waals surface area contributed by atoms with Gasteiger partial charge in [-0.05, 0) is 43.3 Å². The van der Waals surface area contributed by atoms with Crippen LogP contribution in [0.15, 0.2) is 58.6 Å². The van der Waals surface area contributed by atoms with E-state index < -0.39 is 10.0 Å². The number of primary sulfonamides is 1. The molecule has 11 heteroatoms. The first-order valence-electron chi connectivity index (χ1n) is 8.56. The highest BCUT2D eigenvalue weighted by molar-refractivity contribution is 7.99. The highest BCUT2D eigenvalue weighted by Gasteiger charge is 2.17. The van der Waals surface area contributed by atoms with Crippen LogP contribution in [0.4, 0.5) is 5.69 Å². The zero-order valence-electron chi connectivity index (χ0n) is 15.4. The summed E-state index contributed by atoms with van der Waals surface area (Å²) in [5.41, 5.74) is 1.02. The van der Waals surface area contributed by atoms with E-state index in [0.717, 1.165) is 0 Å². The second-order valence-corrected chi connectivity index (χ2v) is 8.48. The molecule has 1 aromatic heterocycles. The van der Waals surface area contributed by atoms with Crippen LogP contribution >= 0.6 is 11.8 Å². The molecule has 0 unspecified atom stereocenters. The monoisotopic (exact) mass is 433 g/mol. The maximum Gasteiger partial charge on any atom is 0.238 e. The van der Waals surface area contributed by atoms with Crippen molar-refractivity contribution in [3.8, 4) is 17.1 Å². The lowest BCUT2D eigenvalue weighted by Crippen LogP contribution is -2.15. The van der Waals surface area contributed by atoms with Gasteiger partial charge in [0.15, 0.2) is 11.0 Å². The number of hydrogen-bond donors (Lipinski definition) is 3.